The molecule has 0 heterocycles. The molecule has 0 aromatic rings. The van der Waals surface area contributed by atoms with Crippen LogP contribution in [0.4, 0.5) is 0 Å². The zero-order chi connectivity index (χ0) is 17.9. The molecule has 0 amide bonds. The molecule has 0 N–H and O–H groups in total. The molecule has 1 fully saturated rings. The van der Waals surface area contributed by atoms with Crippen molar-refractivity contribution in [2.24, 2.45) is 35.5 Å². The van der Waals surface area contributed by atoms with Crippen molar-refractivity contribution in [3.8, 4) is 0 Å². The molecule has 6 atom stereocenters. The molecule has 1 saturated carbocycles. The van der Waals surface area contributed by atoms with Gasteiger partial charge in [-0.05, 0) is 63.0 Å². The second kappa shape index (κ2) is 5.69. The first-order valence-corrected chi connectivity index (χ1v) is 15.6. The van der Waals surface area contributed by atoms with Crippen LogP contribution in [-0.2, 0) is 18.4 Å². The SMILES string of the molecule is C[Si](C)(C)OC(=O)[C@@H]1[C@H]2C=C[C@@H]([C@@H]3C=C[C@H]32)[C@@H]1C(=O)O[Si](C)(C)C. The van der Waals surface area contributed by atoms with Gasteiger partial charge in [0.05, 0.1) is 11.8 Å². The minimum atomic E-state index is -2.00. The smallest absolute Gasteiger partial charge is 0.297 e. The van der Waals surface area contributed by atoms with Crippen molar-refractivity contribution in [3.05, 3.63) is 24.3 Å². The van der Waals surface area contributed by atoms with Crippen LogP contribution in [0.2, 0.25) is 39.3 Å². The highest BCUT2D eigenvalue weighted by atomic mass is 28.4. The Labute approximate surface area is 146 Å². The lowest BCUT2D eigenvalue weighted by Gasteiger charge is -2.54. The fourth-order valence-electron chi connectivity index (χ4n) is 4.19. The maximum atomic E-state index is 12.9. The summed E-state index contributed by atoms with van der Waals surface area (Å²) in [5.41, 5.74) is 0. The van der Waals surface area contributed by atoms with E-state index >= 15 is 0 Å². The molecule has 0 aliphatic heterocycles. The Bertz CT molecular complexity index is 559. The molecule has 0 aromatic carbocycles. The van der Waals surface area contributed by atoms with Crippen LogP contribution >= 0.6 is 0 Å². The van der Waals surface area contributed by atoms with Gasteiger partial charge in [0.2, 0.25) is 16.6 Å². The molecule has 4 aliphatic carbocycles. The Hall–Kier alpha value is -1.15. The summed E-state index contributed by atoms with van der Waals surface area (Å²) in [7, 11) is -4.00. The van der Waals surface area contributed by atoms with E-state index in [0.717, 1.165) is 0 Å². The van der Waals surface area contributed by atoms with Gasteiger partial charge in [-0.2, -0.15) is 0 Å². The molecule has 24 heavy (non-hydrogen) atoms. The summed E-state index contributed by atoms with van der Waals surface area (Å²) < 4.78 is 11.6. The molecule has 0 saturated heterocycles. The Balaban J connectivity index is 1.91. The van der Waals surface area contributed by atoms with Crippen LogP contribution in [0, 0.1) is 35.5 Å². The van der Waals surface area contributed by atoms with Crippen LogP contribution < -0.4 is 0 Å². The van der Waals surface area contributed by atoms with E-state index in [2.05, 4.69) is 24.3 Å². The van der Waals surface area contributed by atoms with Crippen LogP contribution in [0.1, 0.15) is 0 Å². The lowest BCUT2D eigenvalue weighted by molar-refractivity contribution is -0.161. The molecule has 0 aromatic heterocycles. The number of fused-ring (bicyclic) bond motifs is 1. The van der Waals surface area contributed by atoms with Crippen LogP contribution in [0.15, 0.2) is 24.3 Å². The molecule has 2 bridgehead atoms. The van der Waals surface area contributed by atoms with Gasteiger partial charge < -0.3 is 8.85 Å². The van der Waals surface area contributed by atoms with Crippen LogP contribution in [0.5, 0.6) is 0 Å². The fraction of sp³-hybridized carbons (Fsp3) is 0.667. The Morgan fingerprint density at radius 2 is 0.917 bits per heavy atom. The summed E-state index contributed by atoms with van der Waals surface area (Å²) in [5, 5.41) is 0. The van der Waals surface area contributed by atoms with Gasteiger partial charge in [0.15, 0.2) is 0 Å². The Kier molecular flexibility index (Phi) is 4.19. The van der Waals surface area contributed by atoms with E-state index in [1.165, 1.54) is 0 Å². The van der Waals surface area contributed by atoms with Crippen molar-refractivity contribution in [1.29, 1.82) is 0 Å². The van der Waals surface area contributed by atoms with E-state index in [1.54, 1.807) is 0 Å². The number of allylic oxidation sites excluding steroid dienone is 4. The van der Waals surface area contributed by atoms with Gasteiger partial charge in [0.1, 0.15) is 0 Å². The Morgan fingerprint density at radius 1 is 0.625 bits per heavy atom. The highest BCUT2D eigenvalue weighted by molar-refractivity contribution is 6.71. The lowest BCUT2D eigenvalue weighted by atomic mass is 9.50. The summed E-state index contributed by atoms with van der Waals surface area (Å²) in [6, 6.07) is 0. The first kappa shape index (κ1) is 17.7. The summed E-state index contributed by atoms with van der Waals surface area (Å²) in [6.07, 6.45) is 8.62. The minimum Gasteiger partial charge on any atom is -0.520 e. The van der Waals surface area contributed by atoms with E-state index in [9.17, 15) is 9.59 Å². The molecular formula is C18H28O4Si2. The van der Waals surface area contributed by atoms with Gasteiger partial charge in [-0.3, -0.25) is 9.59 Å². The molecule has 6 heteroatoms. The summed E-state index contributed by atoms with van der Waals surface area (Å²) in [4.78, 5) is 25.8. The molecule has 0 radical (unpaired) electrons. The molecule has 132 valence electrons. The van der Waals surface area contributed by atoms with Crippen molar-refractivity contribution in [2.75, 3.05) is 0 Å². The van der Waals surface area contributed by atoms with Gasteiger partial charge in [0, 0.05) is 0 Å². The molecule has 4 aliphatic rings. The molecule has 4 rings (SSSR count). The molecular weight excluding hydrogens is 336 g/mol. The maximum absolute atomic E-state index is 12.9. The number of carbonyl (C=O) groups excluding carboxylic acids is 2. The molecule has 0 unspecified atom stereocenters. The van der Waals surface area contributed by atoms with Crippen LogP contribution in [0.25, 0.3) is 0 Å². The van der Waals surface area contributed by atoms with Crippen molar-refractivity contribution in [1.82, 2.24) is 0 Å². The third-order valence-corrected chi connectivity index (χ3v) is 6.65. The maximum Gasteiger partial charge on any atom is 0.297 e. The zero-order valence-corrected chi connectivity index (χ0v) is 17.4. The van der Waals surface area contributed by atoms with Gasteiger partial charge in [-0.25, -0.2) is 0 Å². The van der Waals surface area contributed by atoms with Crippen LogP contribution in [0.3, 0.4) is 0 Å². The lowest BCUT2D eigenvalue weighted by Crippen LogP contribution is -2.57. The van der Waals surface area contributed by atoms with E-state index < -0.39 is 28.5 Å². The second-order valence-corrected chi connectivity index (χ2v) is 18.1. The number of hydrogen-bond donors (Lipinski definition) is 0. The van der Waals surface area contributed by atoms with Gasteiger partial charge >= 0.3 is 0 Å². The van der Waals surface area contributed by atoms with Crippen molar-refractivity contribution in [2.45, 2.75) is 39.3 Å². The van der Waals surface area contributed by atoms with Crippen molar-refractivity contribution in [3.63, 3.8) is 0 Å². The largest absolute Gasteiger partial charge is 0.520 e. The summed E-state index contributed by atoms with van der Waals surface area (Å²) >= 11 is 0. The standard InChI is InChI=1S/C18H28O4Si2/c1-23(2,3)21-17(19)15-13-9-10-14(12-8-7-11(12)13)16(15)18(20)22-24(4,5)6/h7-16H,1-6H3/t11-,12-,13+,14+,15-,16+/m1/s1. The van der Waals surface area contributed by atoms with Crippen LogP contribution in [-0.4, -0.2) is 28.6 Å². The van der Waals surface area contributed by atoms with Gasteiger partial charge in [0.25, 0.3) is 11.9 Å². The van der Waals surface area contributed by atoms with Crippen molar-refractivity contribution < 1.29 is 18.4 Å². The highest BCUT2D eigenvalue weighted by Crippen LogP contribution is 2.56. The first-order chi connectivity index (χ1) is 11.0. The second-order valence-electron chi connectivity index (χ2n) is 9.20. The van der Waals surface area contributed by atoms with Crippen molar-refractivity contribution >= 4 is 28.6 Å². The fourth-order valence-corrected chi connectivity index (χ4v) is 5.67. The number of carbonyl (C=O) groups is 2. The third-order valence-electron chi connectivity index (χ3n) is 5.02. The number of hydrogen-bond acceptors (Lipinski definition) is 4. The molecule has 4 nitrogen and oxygen atoms in total. The van der Waals surface area contributed by atoms with E-state index in [1.807, 2.05) is 39.3 Å². The Morgan fingerprint density at radius 3 is 1.17 bits per heavy atom. The van der Waals surface area contributed by atoms with E-state index in [0.29, 0.717) is 11.8 Å². The molecule has 0 spiro atoms. The first-order valence-electron chi connectivity index (χ1n) is 8.80. The predicted molar refractivity (Wildman–Crippen MR) is 98.1 cm³/mol. The minimum absolute atomic E-state index is 0.0630. The normalized spacial score (nSPS) is 36.8. The predicted octanol–water partition coefficient (Wildman–Crippen LogP) is 3.59. The van der Waals surface area contributed by atoms with E-state index in [-0.39, 0.29) is 23.8 Å². The monoisotopic (exact) mass is 364 g/mol. The highest BCUT2D eigenvalue weighted by Gasteiger charge is 2.58. The average Bonchev–Trinajstić information content (AvgIpc) is 2.32. The zero-order valence-electron chi connectivity index (χ0n) is 15.4. The number of rotatable bonds is 4. The summed E-state index contributed by atoms with van der Waals surface area (Å²) in [5.74, 6) is -0.343. The van der Waals surface area contributed by atoms with Gasteiger partial charge in [-0.1, -0.05) is 24.3 Å². The van der Waals surface area contributed by atoms with E-state index in [4.69, 9.17) is 8.85 Å². The third kappa shape index (κ3) is 3.18. The van der Waals surface area contributed by atoms with Gasteiger partial charge in [-0.15, -0.1) is 0 Å². The quantitative estimate of drug-likeness (QED) is 0.565. The topological polar surface area (TPSA) is 52.6 Å². The summed E-state index contributed by atoms with van der Waals surface area (Å²) in [6.45, 7) is 12.0. The average molecular weight is 365 g/mol.